The molecule has 2 aliphatic carbocycles. The van der Waals surface area contributed by atoms with Crippen LogP contribution in [-0.2, 0) is 25.4 Å². The maximum absolute atomic E-state index is 13.7. The topological polar surface area (TPSA) is 189 Å². The van der Waals surface area contributed by atoms with Crippen molar-refractivity contribution in [3.8, 4) is 17.2 Å². The largest absolute Gasteiger partial charge is 0.507 e. The minimum atomic E-state index is -2.08. The second-order valence-corrected chi connectivity index (χ2v) is 10.4. The number of aromatic hydroxyl groups is 2. The van der Waals surface area contributed by atoms with E-state index in [9.17, 15) is 39.9 Å². The van der Waals surface area contributed by atoms with Gasteiger partial charge in [0.2, 0.25) is 5.78 Å². The molecule has 5 rings (SSSR count). The first-order chi connectivity index (χ1) is 18.9. The van der Waals surface area contributed by atoms with Crippen molar-refractivity contribution in [3.05, 3.63) is 51.6 Å². The first kappa shape index (κ1) is 28.1. The van der Waals surface area contributed by atoms with Crippen LogP contribution in [0.2, 0.25) is 0 Å². The molecule has 5 N–H and O–H groups in total. The molecule has 12 nitrogen and oxygen atoms in total. The van der Waals surface area contributed by atoms with Gasteiger partial charge in [-0.05, 0) is 19.9 Å². The molecule has 0 amide bonds. The van der Waals surface area contributed by atoms with Crippen molar-refractivity contribution in [2.24, 2.45) is 0 Å². The van der Waals surface area contributed by atoms with Gasteiger partial charge < -0.3 is 44.5 Å². The van der Waals surface area contributed by atoms with Crippen LogP contribution in [0, 0.1) is 0 Å². The molecule has 0 bridgehead atoms. The number of phenolic OH excluding ortho intramolecular Hbond substituents is 2. The van der Waals surface area contributed by atoms with Crippen molar-refractivity contribution in [2.45, 2.75) is 69.1 Å². The smallest absolute Gasteiger partial charge is 0.202 e. The summed E-state index contributed by atoms with van der Waals surface area (Å²) in [5.41, 5.74) is -3.45. The lowest BCUT2D eigenvalue weighted by molar-refractivity contribution is -0.312. The molecular weight excluding hydrogens is 528 g/mol. The summed E-state index contributed by atoms with van der Waals surface area (Å²) in [6, 6.07) is 4.38. The van der Waals surface area contributed by atoms with Gasteiger partial charge in [0.1, 0.15) is 41.2 Å². The predicted octanol–water partition coefficient (Wildman–Crippen LogP) is 0.687. The van der Waals surface area contributed by atoms with Crippen LogP contribution in [0.5, 0.6) is 17.2 Å². The van der Waals surface area contributed by atoms with Crippen molar-refractivity contribution < 1.29 is 58.9 Å². The first-order valence-corrected chi connectivity index (χ1v) is 12.7. The monoisotopic (exact) mass is 558 g/mol. The molecule has 0 unspecified atom stereocenters. The van der Waals surface area contributed by atoms with Crippen molar-refractivity contribution in [1.29, 1.82) is 0 Å². The van der Waals surface area contributed by atoms with E-state index >= 15 is 0 Å². The zero-order valence-corrected chi connectivity index (χ0v) is 22.2. The SMILES string of the molecule is COc1cccc2c1C(=O)c1c(O)c3c(c(O)c1C2=O)C[C@@](O)(C(C)=O)C[C@@H]3O[C@@H]1O[C@@H](C)[C@@H](O)[C@@H](O)[C@H]1OC. The van der Waals surface area contributed by atoms with E-state index in [1.54, 1.807) is 0 Å². The highest BCUT2D eigenvalue weighted by Gasteiger charge is 2.51. The van der Waals surface area contributed by atoms with E-state index in [1.165, 1.54) is 39.3 Å². The fourth-order valence-electron chi connectivity index (χ4n) is 5.83. The van der Waals surface area contributed by atoms with Crippen molar-refractivity contribution in [3.63, 3.8) is 0 Å². The molecule has 2 aromatic carbocycles. The Morgan fingerprint density at radius 2 is 1.70 bits per heavy atom. The van der Waals surface area contributed by atoms with Crippen LogP contribution < -0.4 is 4.74 Å². The number of carbonyl (C=O) groups excluding carboxylic acids is 3. The van der Waals surface area contributed by atoms with E-state index < -0.39 is 95.2 Å². The molecule has 1 fully saturated rings. The van der Waals surface area contributed by atoms with Gasteiger partial charge in [0.25, 0.3) is 0 Å². The quantitative estimate of drug-likeness (QED) is 0.276. The highest BCUT2D eigenvalue weighted by atomic mass is 16.7. The third-order valence-electron chi connectivity index (χ3n) is 8.09. The number of fused-ring (bicyclic) bond motifs is 3. The van der Waals surface area contributed by atoms with Crippen molar-refractivity contribution in [2.75, 3.05) is 14.2 Å². The van der Waals surface area contributed by atoms with Gasteiger partial charge in [0, 0.05) is 36.6 Å². The molecule has 0 aromatic heterocycles. The van der Waals surface area contributed by atoms with Gasteiger partial charge in [-0.15, -0.1) is 0 Å². The summed E-state index contributed by atoms with van der Waals surface area (Å²) in [6.07, 6.45) is -8.50. The number of phenols is 2. The molecule has 0 saturated carbocycles. The van der Waals surface area contributed by atoms with E-state index in [0.29, 0.717) is 0 Å². The summed E-state index contributed by atoms with van der Waals surface area (Å²) in [4.78, 5) is 39.8. The first-order valence-electron chi connectivity index (χ1n) is 12.7. The maximum Gasteiger partial charge on any atom is 0.202 e. The van der Waals surface area contributed by atoms with Gasteiger partial charge in [0.15, 0.2) is 17.9 Å². The number of hydrogen-bond donors (Lipinski definition) is 5. The van der Waals surface area contributed by atoms with Crippen LogP contribution in [0.3, 0.4) is 0 Å². The fraction of sp³-hybridized carbons (Fsp3) is 0.464. The molecule has 1 saturated heterocycles. The molecule has 1 heterocycles. The van der Waals surface area contributed by atoms with Crippen LogP contribution in [0.25, 0.3) is 0 Å². The highest BCUT2D eigenvalue weighted by molar-refractivity contribution is 6.31. The lowest BCUT2D eigenvalue weighted by Gasteiger charge is -2.44. The maximum atomic E-state index is 13.7. The van der Waals surface area contributed by atoms with E-state index in [4.69, 9.17) is 18.9 Å². The average Bonchev–Trinajstić information content (AvgIpc) is 2.91. The lowest BCUT2D eigenvalue weighted by atomic mass is 9.72. The highest BCUT2D eigenvalue weighted by Crippen LogP contribution is 2.52. The van der Waals surface area contributed by atoms with E-state index in [-0.39, 0.29) is 28.0 Å². The predicted molar refractivity (Wildman–Crippen MR) is 135 cm³/mol. The minimum absolute atomic E-state index is 0.0444. The Balaban J connectivity index is 1.70. The van der Waals surface area contributed by atoms with Crippen LogP contribution in [0.4, 0.5) is 0 Å². The van der Waals surface area contributed by atoms with Crippen LogP contribution in [0.1, 0.15) is 69.3 Å². The molecule has 0 radical (unpaired) electrons. The average molecular weight is 559 g/mol. The molecule has 0 spiro atoms. The zero-order chi connectivity index (χ0) is 29.3. The summed E-state index contributed by atoms with van der Waals surface area (Å²) in [7, 11) is 2.58. The number of aliphatic hydroxyl groups is 3. The third-order valence-corrected chi connectivity index (χ3v) is 8.09. The number of carbonyl (C=O) groups is 3. The minimum Gasteiger partial charge on any atom is -0.507 e. The number of ketones is 3. The number of Topliss-reactive ketones (excluding diaryl/α,β-unsaturated/α-hetero) is 1. The van der Waals surface area contributed by atoms with E-state index in [2.05, 4.69) is 0 Å². The number of ether oxygens (including phenoxy) is 4. The Labute approximate surface area is 228 Å². The Morgan fingerprint density at radius 3 is 2.33 bits per heavy atom. The molecule has 7 atom stereocenters. The Hall–Kier alpha value is -3.39. The summed E-state index contributed by atoms with van der Waals surface area (Å²) < 4.78 is 22.3. The van der Waals surface area contributed by atoms with Crippen LogP contribution >= 0.6 is 0 Å². The number of aliphatic hydroxyl groups excluding tert-OH is 2. The molecule has 12 heteroatoms. The zero-order valence-electron chi connectivity index (χ0n) is 22.2. The fourth-order valence-corrected chi connectivity index (χ4v) is 5.83. The van der Waals surface area contributed by atoms with E-state index in [1.807, 2.05) is 0 Å². The Morgan fingerprint density at radius 1 is 1.02 bits per heavy atom. The van der Waals surface area contributed by atoms with Gasteiger partial charge in [-0.1, -0.05) is 12.1 Å². The van der Waals surface area contributed by atoms with Crippen LogP contribution in [0.15, 0.2) is 18.2 Å². The molecule has 2 aromatic rings. The lowest BCUT2D eigenvalue weighted by Crippen LogP contribution is -2.58. The normalized spacial score (nSPS) is 31.3. The van der Waals surface area contributed by atoms with Crippen LogP contribution in [-0.4, -0.2) is 93.4 Å². The third kappa shape index (κ3) is 4.02. The Kier molecular flexibility index (Phi) is 6.97. The van der Waals surface area contributed by atoms with Gasteiger partial charge >= 0.3 is 0 Å². The van der Waals surface area contributed by atoms with Crippen molar-refractivity contribution in [1.82, 2.24) is 0 Å². The molecule has 40 heavy (non-hydrogen) atoms. The molecular formula is C28H30O12. The Bertz CT molecular complexity index is 1420. The second kappa shape index (κ2) is 9.91. The summed E-state index contributed by atoms with van der Waals surface area (Å²) in [5.74, 6) is -3.46. The molecule has 214 valence electrons. The number of methoxy groups -OCH3 is 2. The molecule has 1 aliphatic heterocycles. The van der Waals surface area contributed by atoms with Gasteiger partial charge in [-0.3, -0.25) is 14.4 Å². The van der Waals surface area contributed by atoms with Gasteiger partial charge in [0.05, 0.1) is 36.0 Å². The van der Waals surface area contributed by atoms with Gasteiger partial charge in [-0.2, -0.15) is 0 Å². The summed E-state index contributed by atoms with van der Waals surface area (Å²) in [5, 5.41) is 54.9. The van der Waals surface area contributed by atoms with E-state index in [0.717, 1.165) is 6.92 Å². The number of rotatable bonds is 5. The number of hydrogen-bond acceptors (Lipinski definition) is 12. The molecule has 3 aliphatic rings. The summed E-state index contributed by atoms with van der Waals surface area (Å²) >= 11 is 0. The van der Waals surface area contributed by atoms with Crippen molar-refractivity contribution >= 4 is 17.3 Å². The van der Waals surface area contributed by atoms with Gasteiger partial charge in [-0.25, -0.2) is 0 Å². The second-order valence-electron chi connectivity index (χ2n) is 10.4. The number of benzene rings is 2. The standard InChI is InChI=1S/C28H30O12/c1-10-20(30)25(35)26(38-4)27(39-10)40-15-9-28(36,11(2)29)8-13-17(15)24(34)19-18(22(13)32)21(31)12-6-5-7-14(37-3)16(12)23(19)33/h5-7,10,15,20,25-27,30,32,34-36H,8-9H2,1-4H3/t10-,15-,20+,25+,26+,27-,28-/m0/s1. The summed E-state index contributed by atoms with van der Waals surface area (Å²) in [6.45, 7) is 2.64.